The molecule has 1 saturated heterocycles. The van der Waals surface area contributed by atoms with E-state index in [0.29, 0.717) is 18.8 Å². The number of carbonyl (C=O) groups is 1. The molecule has 1 amide bonds. The molecular formula is C23H24N4O2. The third-order valence-electron chi connectivity index (χ3n) is 5.20. The van der Waals surface area contributed by atoms with E-state index in [1.807, 2.05) is 53.4 Å². The van der Waals surface area contributed by atoms with Gasteiger partial charge in [0.25, 0.3) is 5.56 Å². The minimum Gasteiger partial charge on any atom is -0.339 e. The van der Waals surface area contributed by atoms with Crippen LogP contribution in [-0.4, -0.2) is 51.7 Å². The summed E-state index contributed by atoms with van der Waals surface area (Å²) in [5, 5.41) is 4.39. The first kappa shape index (κ1) is 19.1. The van der Waals surface area contributed by atoms with Crippen molar-refractivity contribution < 1.29 is 4.79 Å². The highest BCUT2D eigenvalue weighted by Gasteiger charge is 2.22. The summed E-state index contributed by atoms with van der Waals surface area (Å²) in [6.45, 7) is 3.85. The number of nitrogens with zero attached hydrogens (tertiary/aromatic N) is 4. The van der Waals surface area contributed by atoms with Crippen LogP contribution in [0.5, 0.6) is 0 Å². The fraction of sp³-hybridized carbons (Fsp3) is 0.261. The van der Waals surface area contributed by atoms with E-state index < -0.39 is 0 Å². The molecule has 0 N–H and O–H groups in total. The van der Waals surface area contributed by atoms with Crippen molar-refractivity contribution in [2.75, 3.05) is 26.2 Å². The molecule has 1 aliphatic rings. The zero-order chi connectivity index (χ0) is 20.1. The van der Waals surface area contributed by atoms with Crippen LogP contribution in [0.2, 0.25) is 0 Å². The molecule has 1 aliphatic heterocycles. The minimum atomic E-state index is -0.263. The zero-order valence-corrected chi connectivity index (χ0v) is 16.3. The Morgan fingerprint density at radius 3 is 2.17 bits per heavy atom. The van der Waals surface area contributed by atoms with Gasteiger partial charge in [-0.05, 0) is 11.6 Å². The van der Waals surface area contributed by atoms with Crippen molar-refractivity contribution in [2.45, 2.75) is 13.1 Å². The molecule has 1 aromatic heterocycles. The van der Waals surface area contributed by atoms with Crippen LogP contribution in [0.3, 0.4) is 0 Å². The van der Waals surface area contributed by atoms with Crippen LogP contribution in [0.4, 0.5) is 0 Å². The van der Waals surface area contributed by atoms with Gasteiger partial charge < -0.3 is 4.90 Å². The van der Waals surface area contributed by atoms with Crippen molar-refractivity contribution in [1.29, 1.82) is 0 Å². The summed E-state index contributed by atoms with van der Waals surface area (Å²) in [4.78, 5) is 29.1. The smallest absolute Gasteiger partial charge is 0.267 e. The molecule has 0 saturated carbocycles. The van der Waals surface area contributed by atoms with Crippen LogP contribution < -0.4 is 5.56 Å². The summed E-state index contributed by atoms with van der Waals surface area (Å²) in [6, 6.07) is 23.2. The molecule has 148 valence electrons. The second-order valence-corrected chi connectivity index (χ2v) is 7.22. The van der Waals surface area contributed by atoms with Gasteiger partial charge in [-0.3, -0.25) is 14.5 Å². The number of hydrogen-bond acceptors (Lipinski definition) is 4. The molecule has 6 heteroatoms. The first-order chi connectivity index (χ1) is 14.2. The Morgan fingerprint density at radius 2 is 1.48 bits per heavy atom. The normalized spacial score (nSPS) is 14.7. The van der Waals surface area contributed by atoms with Gasteiger partial charge in [-0.1, -0.05) is 60.7 Å². The van der Waals surface area contributed by atoms with Gasteiger partial charge in [0.2, 0.25) is 5.91 Å². The topological polar surface area (TPSA) is 58.4 Å². The number of hydrogen-bond donors (Lipinski definition) is 0. The fourth-order valence-corrected chi connectivity index (χ4v) is 3.55. The standard InChI is InChI=1S/C23H24N4O2/c28-22-12-11-21(20-9-5-2-6-10-20)24-27(22)18-23(29)26-15-13-25(14-16-26)17-19-7-3-1-4-8-19/h1-12H,13-18H2. The predicted octanol–water partition coefficient (Wildman–Crippen LogP) is 2.25. The molecule has 2 heterocycles. The molecule has 6 nitrogen and oxygen atoms in total. The Morgan fingerprint density at radius 1 is 0.828 bits per heavy atom. The number of piperazine rings is 1. The van der Waals surface area contributed by atoms with E-state index in [1.165, 1.54) is 16.3 Å². The molecule has 0 bridgehead atoms. The number of aromatic nitrogens is 2. The summed E-state index contributed by atoms with van der Waals surface area (Å²) in [5.41, 5.74) is 2.62. The average Bonchev–Trinajstić information content (AvgIpc) is 2.77. The van der Waals surface area contributed by atoms with Crippen molar-refractivity contribution in [1.82, 2.24) is 19.6 Å². The molecule has 0 unspecified atom stereocenters. The molecule has 4 rings (SSSR count). The van der Waals surface area contributed by atoms with Crippen molar-refractivity contribution in [3.8, 4) is 11.3 Å². The molecule has 3 aromatic rings. The Bertz CT molecular complexity index is 1010. The van der Waals surface area contributed by atoms with Crippen LogP contribution >= 0.6 is 0 Å². The highest BCUT2D eigenvalue weighted by molar-refractivity contribution is 5.76. The molecule has 0 spiro atoms. The van der Waals surface area contributed by atoms with E-state index >= 15 is 0 Å². The Balaban J connectivity index is 1.37. The summed E-state index contributed by atoms with van der Waals surface area (Å²) in [7, 11) is 0. The van der Waals surface area contributed by atoms with E-state index in [1.54, 1.807) is 6.07 Å². The SMILES string of the molecule is O=C(Cn1nc(-c2ccccc2)ccc1=O)N1CCN(Cc2ccccc2)CC1. The number of carbonyl (C=O) groups excluding carboxylic acids is 1. The van der Waals surface area contributed by atoms with Crippen LogP contribution in [-0.2, 0) is 17.9 Å². The molecule has 0 atom stereocenters. The van der Waals surface area contributed by atoms with Crippen molar-refractivity contribution in [3.63, 3.8) is 0 Å². The molecule has 0 radical (unpaired) electrons. The highest BCUT2D eigenvalue weighted by Crippen LogP contribution is 2.14. The van der Waals surface area contributed by atoms with E-state index in [-0.39, 0.29) is 18.0 Å². The van der Waals surface area contributed by atoms with Gasteiger partial charge in [-0.15, -0.1) is 0 Å². The molecule has 2 aromatic carbocycles. The zero-order valence-electron chi connectivity index (χ0n) is 16.3. The lowest BCUT2D eigenvalue weighted by atomic mass is 10.1. The maximum atomic E-state index is 12.7. The first-order valence-electron chi connectivity index (χ1n) is 9.87. The third kappa shape index (κ3) is 4.78. The molecule has 29 heavy (non-hydrogen) atoms. The lowest BCUT2D eigenvalue weighted by Gasteiger charge is -2.34. The van der Waals surface area contributed by atoms with Gasteiger partial charge in [0.15, 0.2) is 0 Å². The van der Waals surface area contributed by atoms with Crippen LogP contribution in [0.25, 0.3) is 11.3 Å². The van der Waals surface area contributed by atoms with E-state index in [4.69, 9.17) is 0 Å². The van der Waals surface area contributed by atoms with Crippen molar-refractivity contribution in [2.24, 2.45) is 0 Å². The van der Waals surface area contributed by atoms with Gasteiger partial charge in [0.1, 0.15) is 6.54 Å². The van der Waals surface area contributed by atoms with Crippen LogP contribution in [0.1, 0.15) is 5.56 Å². The highest BCUT2D eigenvalue weighted by atomic mass is 16.2. The Kier molecular flexibility index (Phi) is 5.81. The van der Waals surface area contributed by atoms with E-state index in [9.17, 15) is 9.59 Å². The Hall–Kier alpha value is -3.25. The second kappa shape index (κ2) is 8.84. The quantitative estimate of drug-likeness (QED) is 0.673. The second-order valence-electron chi connectivity index (χ2n) is 7.22. The van der Waals surface area contributed by atoms with Gasteiger partial charge in [-0.2, -0.15) is 5.10 Å². The third-order valence-corrected chi connectivity index (χ3v) is 5.20. The first-order valence-corrected chi connectivity index (χ1v) is 9.87. The number of amides is 1. The molecule has 0 aliphatic carbocycles. The summed E-state index contributed by atoms with van der Waals surface area (Å²) in [6.07, 6.45) is 0. The average molecular weight is 388 g/mol. The van der Waals surface area contributed by atoms with Gasteiger partial charge >= 0.3 is 0 Å². The lowest BCUT2D eigenvalue weighted by Crippen LogP contribution is -2.49. The van der Waals surface area contributed by atoms with Gasteiger partial charge in [-0.25, -0.2) is 4.68 Å². The largest absolute Gasteiger partial charge is 0.339 e. The van der Waals surface area contributed by atoms with Gasteiger partial charge in [0.05, 0.1) is 5.69 Å². The van der Waals surface area contributed by atoms with Crippen molar-refractivity contribution >= 4 is 5.91 Å². The monoisotopic (exact) mass is 388 g/mol. The summed E-state index contributed by atoms with van der Waals surface area (Å²) < 4.78 is 1.26. The Labute approximate surface area is 170 Å². The maximum absolute atomic E-state index is 12.7. The maximum Gasteiger partial charge on any atom is 0.267 e. The number of rotatable bonds is 5. The molecular weight excluding hydrogens is 364 g/mol. The molecule has 1 fully saturated rings. The minimum absolute atomic E-state index is 0.0296. The predicted molar refractivity (Wildman–Crippen MR) is 112 cm³/mol. The van der Waals surface area contributed by atoms with Crippen molar-refractivity contribution in [3.05, 3.63) is 88.7 Å². The van der Waals surface area contributed by atoms with E-state index in [2.05, 4.69) is 22.1 Å². The number of benzene rings is 2. The summed E-state index contributed by atoms with van der Waals surface area (Å²) in [5.74, 6) is -0.0656. The fourth-order valence-electron chi connectivity index (χ4n) is 3.55. The lowest BCUT2D eigenvalue weighted by molar-refractivity contribution is -0.133. The van der Waals surface area contributed by atoms with Crippen LogP contribution in [0.15, 0.2) is 77.6 Å². The van der Waals surface area contributed by atoms with E-state index in [0.717, 1.165) is 25.2 Å². The van der Waals surface area contributed by atoms with Gasteiger partial charge in [0, 0.05) is 44.4 Å². The summed E-state index contributed by atoms with van der Waals surface area (Å²) >= 11 is 0. The van der Waals surface area contributed by atoms with Crippen LogP contribution in [0, 0.1) is 0 Å².